The summed E-state index contributed by atoms with van der Waals surface area (Å²) in [5.74, 6) is -0.404. The third-order valence-electron chi connectivity index (χ3n) is 3.53. The average Bonchev–Trinajstić information content (AvgIpc) is 2.90. The number of nitrogens with two attached hydrogens (primary N) is 1. The predicted molar refractivity (Wildman–Crippen MR) is 87.0 cm³/mol. The van der Waals surface area contributed by atoms with E-state index in [1.807, 2.05) is 0 Å². The number of carbonyl (C=O) groups excluding carboxylic acids is 2. The molecule has 1 heterocycles. The Morgan fingerprint density at radius 1 is 1.45 bits per heavy atom. The minimum absolute atomic E-state index is 0.171. The Morgan fingerprint density at radius 3 is 2.64 bits per heavy atom. The lowest BCUT2D eigenvalue weighted by Crippen LogP contribution is -2.30. The summed E-state index contributed by atoms with van der Waals surface area (Å²) >= 11 is 1.07. The molecule has 0 aromatic carbocycles. The van der Waals surface area contributed by atoms with Crippen molar-refractivity contribution in [2.45, 2.75) is 45.4 Å². The number of nitrogens with one attached hydrogen (secondary N) is 1. The minimum atomic E-state index is -0.575. The molecular formula is C14H24N4O3S. The van der Waals surface area contributed by atoms with Gasteiger partial charge in [-0.15, -0.1) is 0 Å². The number of unbranched alkanes of at least 4 members (excludes halogenated alkanes) is 1. The molecule has 1 aromatic heterocycles. The molecule has 1 rings (SSSR count). The molecule has 3 amide bonds. The van der Waals surface area contributed by atoms with Gasteiger partial charge in [-0.2, -0.15) is 4.37 Å². The summed E-state index contributed by atoms with van der Waals surface area (Å²) in [5.41, 5.74) is 6.49. The van der Waals surface area contributed by atoms with E-state index in [0.29, 0.717) is 16.3 Å². The molecule has 0 bridgehead atoms. The van der Waals surface area contributed by atoms with Gasteiger partial charge < -0.3 is 5.73 Å². The molecule has 7 nitrogen and oxygen atoms in total. The number of nitrogens with zero attached hydrogens (tertiary/aromatic N) is 2. The van der Waals surface area contributed by atoms with Crippen molar-refractivity contribution < 1.29 is 14.4 Å². The summed E-state index contributed by atoms with van der Waals surface area (Å²) in [4.78, 5) is 28.5. The molecule has 8 heteroatoms. The maximum absolute atomic E-state index is 11.9. The first-order valence-electron chi connectivity index (χ1n) is 7.34. The van der Waals surface area contributed by atoms with Crippen molar-refractivity contribution in [2.24, 2.45) is 5.73 Å². The highest BCUT2D eigenvalue weighted by molar-refractivity contribution is 7.11. The van der Waals surface area contributed by atoms with E-state index >= 15 is 0 Å². The fraction of sp³-hybridized carbons (Fsp3) is 0.643. The third-order valence-corrected chi connectivity index (χ3v) is 4.31. The van der Waals surface area contributed by atoms with Gasteiger partial charge >= 0.3 is 6.03 Å². The van der Waals surface area contributed by atoms with Crippen molar-refractivity contribution in [3.8, 4) is 0 Å². The van der Waals surface area contributed by atoms with Crippen molar-refractivity contribution in [1.29, 1.82) is 0 Å². The largest absolute Gasteiger partial charge is 0.365 e. The third kappa shape index (κ3) is 4.41. The van der Waals surface area contributed by atoms with Gasteiger partial charge in [-0.3, -0.25) is 14.9 Å². The van der Waals surface area contributed by atoms with Crippen molar-refractivity contribution in [2.75, 3.05) is 19.5 Å². The number of aromatic nitrogens is 1. The summed E-state index contributed by atoms with van der Waals surface area (Å²) in [6.45, 7) is 4.18. The number of anilines is 1. The molecule has 1 atom stereocenters. The zero-order chi connectivity index (χ0) is 16.7. The second-order valence-electron chi connectivity index (χ2n) is 4.99. The number of hydroxylamine groups is 2. The standard InChI is InChI=1S/C14H24N4O3S/c1-5-7-8-9(6-2)11-10(12(15)19)13(22-17-11)16-14(20)18(3)21-4/h9H,5-8H2,1-4H3,(H2,15,19)(H,16,20). The Balaban J connectivity index is 3.06. The van der Waals surface area contributed by atoms with Crippen LogP contribution in [0, 0.1) is 0 Å². The Morgan fingerprint density at radius 2 is 2.14 bits per heavy atom. The van der Waals surface area contributed by atoms with E-state index in [9.17, 15) is 9.59 Å². The van der Waals surface area contributed by atoms with Crippen LogP contribution in [0.4, 0.5) is 9.80 Å². The van der Waals surface area contributed by atoms with E-state index in [2.05, 4.69) is 23.5 Å². The van der Waals surface area contributed by atoms with Crippen LogP contribution in [0.15, 0.2) is 0 Å². The highest BCUT2D eigenvalue weighted by atomic mass is 32.1. The number of hydrogen-bond acceptors (Lipinski definition) is 5. The molecular weight excluding hydrogens is 304 g/mol. The second kappa shape index (κ2) is 8.70. The maximum atomic E-state index is 11.9. The predicted octanol–water partition coefficient (Wildman–Crippen LogP) is 2.95. The first-order chi connectivity index (χ1) is 10.5. The topological polar surface area (TPSA) is 97.6 Å². The van der Waals surface area contributed by atoms with Crippen LogP contribution < -0.4 is 11.1 Å². The maximum Gasteiger partial charge on any atom is 0.346 e. The Bertz CT molecular complexity index is 518. The fourth-order valence-electron chi connectivity index (χ4n) is 2.15. The quantitative estimate of drug-likeness (QED) is 0.717. The van der Waals surface area contributed by atoms with Gasteiger partial charge in [0.25, 0.3) is 5.91 Å². The number of urea groups is 1. The molecule has 1 unspecified atom stereocenters. The van der Waals surface area contributed by atoms with Crippen LogP contribution in [0.1, 0.15) is 61.5 Å². The van der Waals surface area contributed by atoms with Gasteiger partial charge in [-0.25, -0.2) is 9.86 Å². The van der Waals surface area contributed by atoms with Crippen molar-refractivity contribution in [3.63, 3.8) is 0 Å². The first-order valence-corrected chi connectivity index (χ1v) is 8.11. The van der Waals surface area contributed by atoms with E-state index in [1.54, 1.807) is 0 Å². The van der Waals surface area contributed by atoms with Gasteiger partial charge in [-0.1, -0.05) is 26.7 Å². The van der Waals surface area contributed by atoms with Gasteiger partial charge in [0.05, 0.1) is 18.4 Å². The van der Waals surface area contributed by atoms with Crippen LogP contribution in [-0.4, -0.2) is 35.5 Å². The van der Waals surface area contributed by atoms with Crippen LogP contribution in [0.25, 0.3) is 0 Å². The molecule has 0 aliphatic rings. The van der Waals surface area contributed by atoms with Crippen molar-refractivity contribution in [3.05, 3.63) is 11.3 Å². The summed E-state index contributed by atoms with van der Waals surface area (Å²) < 4.78 is 4.37. The second-order valence-corrected chi connectivity index (χ2v) is 5.77. The number of primary amides is 1. The molecule has 0 aliphatic carbocycles. The zero-order valence-electron chi connectivity index (χ0n) is 13.5. The number of rotatable bonds is 8. The molecule has 0 spiro atoms. The van der Waals surface area contributed by atoms with Crippen LogP contribution in [0.2, 0.25) is 0 Å². The molecule has 3 N–H and O–H groups in total. The molecule has 0 saturated carbocycles. The number of hydrogen-bond donors (Lipinski definition) is 2. The lowest BCUT2D eigenvalue weighted by atomic mass is 9.93. The molecule has 124 valence electrons. The van der Waals surface area contributed by atoms with E-state index in [4.69, 9.17) is 10.6 Å². The fourth-order valence-corrected chi connectivity index (χ4v) is 3.01. The van der Waals surface area contributed by atoms with Crippen molar-refractivity contribution >= 4 is 28.5 Å². The molecule has 0 radical (unpaired) electrons. The van der Waals surface area contributed by atoms with E-state index in [-0.39, 0.29) is 5.92 Å². The summed E-state index contributed by atoms with van der Waals surface area (Å²) in [6.07, 6.45) is 3.95. The van der Waals surface area contributed by atoms with Gasteiger partial charge in [0, 0.05) is 13.0 Å². The molecule has 0 fully saturated rings. The van der Waals surface area contributed by atoms with Gasteiger partial charge in [-0.05, 0) is 24.4 Å². The first kappa shape index (κ1) is 18.4. The highest BCUT2D eigenvalue weighted by Crippen LogP contribution is 2.34. The van der Waals surface area contributed by atoms with Gasteiger partial charge in [0.15, 0.2) is 0 Å². The minimum Gasteiger partial charge on any atom is -0.365 e. The summed E-state index contributed by atoms with van der Waals surface area (Å²) in [7, 11) is 2.85. The van der Waals surface area contributed by atoms with Crippen LogP contribution in [-0.2, 0) is 4.84 Å². The molecule has 1 aromatic rings. The molecule has 0 aliphatic heterocycles. The lowest BCUT2D eigenvalue weighted by Gasteiger charge is -2.15. The lowest BCUT2D eigenvalue weighted by molar-refractivity contribution is -0.0597. The van der Waals surface area contributed by atoms with Crippen LogP contribution >= 0.6 is 11.5 Å². The van der Waals surface area contributed by atoms with Gasteiger partial charge in [0.1, 0.15) is 5.00 Å². The monoisotopic (exact) mass is 328 g/mol. The normalized spacial score (nSPS) is 12.0. The van der Waals surface area contributed by atoms with E-state index in [0.717, 1.165) is 42.3 Å². The SMILES string of the molecule is CCCCC(CC)c1nsc(NC(=O)N(C)OC)c1C(N)=O. The Labute approximate surface area is 134 Å². The Hall–Kier alpha value is -1.67. The summed E-state index contributed by atoms with van der Waals surface area (Å²) in [5, 5.41) is 4.01. The molecule has 22 heavy (non-hydrogen) atoms. The highest BCUT2D eigenvalue weighted by Gasteiger charge is 2.25. The van der Waals surface area contributed by atoms with Crippen molar-refractivity contribution in [1.82, 2.24) is 9.44 Å². The van der Waals surface area contributed by atoms with Crippen LogP contribution in [0.3, 0.4) is 0 Å². The smallest absolute Gasteiger partial charge is 0.346 e. The molecule has 0 saturated heterocycles. The average molecular weight is 328 g/mol. The van der Waals surface area contributed by atoms with Gasteiger partial charge in [0.2, 0.25) is 0 Å². The number of amides is 3. The summed E-state index contributed by atoms with van der Waals surface area (Å²) in [6, 6.07) is -0.484. The number of carbonyl (C=O) groups is 2. The van der Waals surface area contributed by atoms with E-state index in [1.165, 1.54) is 14.2 Å². The van der Waals surface area contributed by atoms with E-state index < -0.39 is 11.9 Å². The zero-order valence-corrected chi connectivity index (χ0v) is 14.3. The Kier molecular flexibility index (Phi) is 7.26. The van der Waals surface area contributed by atoms with Crippen LogP contribution in [0.5, 0.6) is 0 Å².